The fourth-order valence-corrected chi connectivity index (χ4v) is 3.88. The molecular weight excluding hydrogens is 469 g/mol. The van der Waals surface area contributed by atoms with Crippen molar-refractivity contribution in [1.82, 2.24) is 15.1 Å². The highest BCUT2D eigenvalue weighted by Gasteiger charge is 2.30. The maximum absolute atomic E-state index is 12.8. The average Bonchev–Trinajstić information content (AvgIpc) is 3.29. The first-order valence-electron chi connectivity index (χ1n) is 10.5. The van der Waals surface area contributed by atoms with Crippen LogP contribution in [0.1, 0.15) is 35.7 Å². The van der Waals surface area contributed by atoms with Gasteiger partial charge in [0.05, 0.1) is 12.7 Å². The molecule has 0 fully saturated rings. The van der Waals surface area contributed by atoms with Gasteiger partial charge in [-0.15, -0.1) is 10.2 Å². The number of nitrogens with zero attached hydrogens (tertiary/aromatic N) is 3. The first kappa shape index (κ1) is 25.2. The van der Waals surface area contributed by atoms with E-state index in [0.717, 1.165) is 29.9 Å². The van der Waals surface area contributed by atoms with Crippen molar-refractivity contribution in [3.8, 4) is 16.3 Å². The number of methoxy groups -OCH3 is 1. The summed E-state index contributed by atoms with van der Waals surface area (Å²) in [5, 5.41) is 11.1. The minimum atomic E-state index is -4.42. The second kappa shape index (κ2) is 11.1. The fraction of sp³-hybridized carbons (Fsp3) is 0.304. The van der Waals surface area contributed by atoms with Gasteiger partial charge in [0.1, 0.15) is 10.8 Å². The number of carbonyl (C=O) groups is 2. The van der Waals surface area contributed by atoms with Gasteiger partial charge in [-0.2, -0.15) is 13.2 Å². The van der Waals surface area contributed by atoms with Gasteiger partial charge in [-0.05, 0) is 42.8 Å². The number of rotatable bonds is 9. The van der Waals surface area contributed by atoms with Crippen LogP contribution in [0.5, 0.6) is 5.75 Å². The van der Waals surface area contributed by atoms with E-state index in [9.17, 15) is 22.8 Å². The molecule has 0 spiro atoms. The highest BCUT2D eigenvalue weighted by molar-refractivity contribution is 7.18. The van der Waals surface area contributed by atoms with Crippen molar-refractivity contribution in [3.63, 3.8) is 0 Å². The topological polar surface area (TPSA) is 84.4 Å². The predicted molar refractivity (Wildman–Crippen MR) is 123 cm³/mol. The van der Waals surface area contributed by atoms with Crippen molar-refractivity contribution in [1.29, 1.82) is 0 Å². The second-order valence-electron chi connectivity index (χ2n) is 7.31. The van der Waals surface area contributed by atoms with Crippen LogP contribution in [0.4, 0.5) is 18.3 Å². The zero-order valence-corrected chi connectivity index (χ0v) is 19.4. The standard InChI is InChI=1S/C23H23F3N4O3S/c1-3-13-30(21(32)16-6-10-18(33-2)11-7-16)14-12-19(31)27-22-29-28-20(34-22)15-4-8-17(9-5-15)23(24,25)26/h4-11H,3,12-14H2,1-2H3,(H,27,29,31). The molecule has 0 bridgehead atoms. The van der Waals surface area contributed by atoms with Crippen molar-refractivity contribution < 1.29 is 27.5 Å². The molecule has 0 unspecified atom stereocenters. The van der Waals surface area contributed by atoms with Crippen molar-refractivity contribution in [3.05, 3.63) is 59.7 Å². The smallest absolute Gasteiger partial charge is 0.416 e. The van der Waals surface area contributed by atoms with Crippen LogP contribution in [-0.2, 0) is 11.0 Å². The SMILES string of the molecule is CCCN(CCC(=O)Nc1nnc(-c2ccc(C(F)(F)F)cc2)s1)C(=O)c1ccc(OC)cc1. The van der Waals surface area contributed by atoms with E-state index in [1.165, 1.54) is 12.1 Å². The molecular formula is C23H23F3N4O3S. The van der Waals surface area contributed by atoms with Gasteiger partial charge in [0.2, 0.25) is 11.0 Å². The monoisotopic (exact) mass is 492 g/mol. The lowest BCUT2D eigenvalue weighted by Gasteiger charge is -2.22. The average molecular weight is 493 g/mol. The molecule has 0 radical (unpaired) electrons. The Morgan fingerprint density at radius 3 is 2.29 bits per heavy atom. The lowest BCUT2D eigenvalue weighted by atomic mass is 10.1. The molecule has 0 saturated heterocycles. The Bertz CT molecular complexity index is 1120. The number of benzene rings is 2. The van der Waals surface area contributed by atoms with Gasteiger partial charge in [0.15, 0.2) is 0 Å². The molecule has 1 aromatic heterocycles. The van der Waals surface area contributed by atoms with Crippen LogP contribution < -0.4 is 10.1 Å². The molecule has 3 rings (SSSR count). The summed E-state index contributed by atoms with van der Waals surface area (Å²) in [6, 6.07) is 11.3. The maximum Gasteiger partial charge on any atom is 0.416 e. The fourth-order valence-electron chi connectivity index (χ4n) is 3.11. The molecule has 2 amide bonds. The summed E-state index contributed by atoms with van der Waals surface area (Å²) in [6.45, 7) is 2.66. The summed E-state index contributed by atoms with van der Waals surface area (Å²) >= 11 is 1.05. The summed E-state index contributed by atoms with van der Waals surface area (Å²) in [7, 11) is 1.54. The molecule has 0 saturated carbocycles. The van der Waals surface area contributed by atoms with E-state index in [4.69, 9.17) is 4.74 Å². The number of alkyl halides is 3. The van der Waals surface area contributed by atoms with Crippen molar-refractivity contribution in [2.24, 2.45) is 0 Å². The maximum atomic E-state index is 12.8. The summed E-state index contributed by atoms with van der Waals surface area (Å²) in [6.07, 6.45) is -3.63. The van der Waals surface area contributed by atoms with E-state index >= 15 is 0 Å². The highest BCUT2D eigenvalue weighted by atomic mass is 32.1. The number of ether oxygens (including phenoxy) is 1. The van der Waals surface area contributed by atoms with Crippen molar-refractivity contribution >= 4 is 28.3 Å². The largest absolute Gasteiger partial charge is 0.497 e. The number of amides is 2. The van der Waals surface area contributed by atoms with Gasteiger partial charge in [0.25, 0.3) is 5.91 Å². The van der Waals surface area contributed by atoms with Crippen LogP contribution in [0.15, 0.2) is 48.5 Å². The molecule has 1 heterocycles. The lowest BCUT2D eigenvalue weighted by molar-refractivity contribution is -0.137. The van der Waals surface area contributed by atoms with Gasteiger partial charge < -0.3 is 15.0 Å². The zero-order chi connectivity index (χ0) is 24.7. The van der Waals surface area contributed by atoms with Gasteiger partial charge in [0, 0.05) is 30.6 Å². The molecule has 2 aromatic carbocycles. The Hall–Kier alpha value is -3.47. The molecule has 3 aromatic rings. The number of aromatic nitrogens is 2. The van der Waals surface area contributed by atoms with Gasteiger partial charge in [-0.1, -0.05) is 30.4 Å². The number of hydrogen-bond donors (Lipinski definition) is 1. The van der Waals surface area contributed by atoms with Crippen LogP contribution in [0.2, 0.25) is 0 Å². The van der Waals surface area contributed by atoms with E-state index in [1.807, 2.05) is 6.92 Å². The van der Waals surface area contributed by atoms with Crippen molar-refractivity contribution in [2.75, 3.05) is 25.5 Å². The Kier molecular flexibility index (Phi) is 8.21. The van der Waals surface area contributed by atoms with Gasteiger partial charge in [-0.3, -0.25) is 9.59 Å². The summed E-state index contributed by atoms with van der Waals surface area (Å²) in [5.74, 6) is 0.113. The Balaban J connectivity index is 1.58. The summed E-state index contributed by atoms with van der Waals surface area (Å²) in [5.41, 5.74) is 0.209. The van der Waals surface area contributed by atoms with E-state index in [2.05, 4.69) is 15.5 Å². The normalized spacial score (nSPS) is 11.2. The van der Waals surface area contributed by atoms with Crippen LogP contribution >= 0.6 is 11.3 Å². The number of carbonyl (C=O) groups excluding carboxylic acids is 2. The van der Waals surface area contributed by atoms with Crippen LogP contribution in [0, 0.1) is 0 Å². The first-order chi connectivity index (χ1) is 16.2. The molecule has 34 heavy (non-hydrogen) atoms. The molecule has 0 atom stereocenters. The van der Waals surface area contributed by atoms with Crippen molar-refractivity contribution in [2.45, 2.75) is 25.9 Å². The third-order valence-corrected chi connectivity index (χ3v) is 5.74. The molecule has 11 heteroatoms. The highest BCUT2D eigenvalue weighted by Crippen LogP contribution is 2.32. The third kappa shape index (κ3) is 6.53. The van der Waals surface area contributed by atoms with Crippen LogP contribution in [-0.4, -0.2) is 47.1 Å². The Labute approximate surface area is 198 Å². The lowest BCUT2D eigenvalue weighted by Crippen LogP contribution is -2.34. The van der Waals surface area contributed by atoms with Gasteiger partial charge in [-0.25, -0.2) is 0 Å². The molecule has 0 aliphatic heterocycles. The number of anilines is 1. The van der Waals surface area contributed by atoms with E-state index in [0.29, 0.717) is 28.4 Å². The molecule has 7 nitrogen and oxygen atoms in total. The predicted octanol–water partition coefficient (Wildman–Crippen LogP) is 5.11. The Morgan fingerprint density at radius 2 is 1.71 bits per heavy atom. The summed E-state index contributed by atoms with van der Waals surface area (Å²) < 4.78 is 43.3. The van der Waals surface area contributed by atoms with E-state index in [1.54, 1.807) is 36.3 Å². The second-order valence-corrected chi connectivity index (χ2v) is 8.28. The first-order valence-corrected chi connectivity index (χ1v) is 11.3. The Morgan fingerprint density at radius 1 is 1.03 bits per heavy atom. The third-order valence-electron chi connectivity index (χ3n) is 4.86. The quantitative estimate of drug-likeness (QED) is 0.449. The minimum absolute atomic E-state index is 0.0527. The number of halogens is 3. The molecule has 1 N–H and O–H groups in total. The molecule has 0 aliphatic rings. The van der Waals surface area contributed by atoms with Crippen LogP contribution in [0.3, 0.4) is 0 Å². The molecule has 0 aliphatic carbocycles. The minimum Gasteiger partial charge on any atom is -0.497 e. The zero-order valence-electron chi connectivity index (χ0n) is 18.6. The van der Waals surface area contributed by atoms with Gasteiger partial charge >= 0.3 is 6.18 Å². The number of hydrogen-bond acceptors (Lipinski definition) is 6. The number of nitrogens with one attached hydrogen (secondary N) is 1. The summed E-state index contributed by atoms with van der Waals surface area (Å²) in [4.78, 5) is 26.8. The van der Waals surface area contributed by atoms with E-state index < -0.39 is 11.7 Å². The molecule has 180 valence electrons. The van der Waals surface area contributed by atoms with E-state index in [-0.39, 0.29) is 29.9 Å². The van der Waals surface area contributed by atoms with Crippen LogP contribution in [0.25, 0.3) is 10.6 Å².